The van der Waals surface area contributed by atoms with Gasteiger partial charge in [-0.15, -0.1) is 0 Å². The van der Waals surface area contributed by atoms with Gasteiger partial charge in [0.05, 0.1) is 5.57 Å². The lowest BCUT2D eigenvalue weighted by Crippen LogP contribution is -2.64. The Labute approximate surface area is 269 Å². The zero-order valence-electron chi connectivity index (χ0n) is 28.4. The third-order valence-electron chi connectivity index (χ3n) is 14.1. The van der Waals surface area contributed by atoms with Crippen LogP contribution in [0.25, 0.3) is 0 Å². The van der Waals surface area contributed by atoms with Gasteiger partial charge in [-0.3, -0.25) is 14.4 Å². The van der Waals surface area contributed by atoms with Crippen molar-refractivity contribution in [3.05, 3.63) is 59.2 Å². The van der Waals surface area contributed by atoms with Gasteiger partial charge in [0.1, 0.15) is 12.7 Å². The Morgan fingerprint density at radius 1 is 0.956 bits per heavy atom. The van der Waals surface area contributed by atoms with Crippen LogP contribution in [0.3, 0.4) is 0 Å². The number of Topliss-reactive ketones (excluding diaryl/α,β-unsaturated/α-hetero) is 1. The third kappa shape index (κ3) is 4.72. The van der Waals surface area contributed by atoms with Crippen LogP contribution in [-0.2, 0) is 25.7 Å². The van der Waals surface area contributed by atoms with Crippen molar-refractivity contribution in [2.24, 2.45) is 50.2 Å². The number of carbonyl (C=O) groups excluding carboxylic acids is 3. The molecular formula is C40H51NO4. The molecule has 7 atom stereocenters. The second kappa shape index (κ2) is 10.5. The SMILES string of the molecule is CC1(C)CC[C@]2(CCC(=O)OCc3ccccc3)CC[C@]3(C)C(C(=O)C=C4[C@@]5(C)C=C(C#N)C(=O)C(C)(C)[C@@H]5CC[C@]43C)C2C1. The Morgan fingerprint density at radius 3 is 2.33 bits per heavy atom. The molecule has 0 aromatic heterocycles. The smallest absolute Gasteiger partial charge is 0.306 e. The standard InChI is InChI=1S/C40H51NO4/c1-35(2)17-19-40(16-14-32(43)45-25-26-11-9-8-10-12-26)20-18-39(7)33(28(40)23-35)29(42)21-31-37(5)22-27(24-41)34(44)36(3,4)30(37)13-15-38(31,39)6/h8-12,21-22,28,30,33H,13-20,23,25H2,1-7H3/t28?,30-,33?,37-,38+,39+,40+/m0/s1. The zero-order valence-corrected chi connectivity index (χ0v) is 28.4. The molecule has 0 amide bonds. The van der Waals surface area contributed by atoms with E-state index in [1.807, 2.05) is 56.3 Å². The molecule has 1 aromatic carbocycles. The van der Waals surface area contributed by atoms with Crippen LogP contribution in [0.2, 0.25) is 0 Å². The van der Waals surface area contributed by atoms with Crippen molar-refractivity contribution in [3.8, 4) is 6.07 Å². The summed E-state index contributed by atoms with van der Waals surface area (Å²) in [7, 11) is 0. The average molecular weight is 610 g/mol. The van der Waals surface area contributed by atoms with E-state index in [-0.39, 0.29) is 62.5 Å². The lowest BCUT2D eigenvalue weighted by molar-refractivity contribution is -0.174. The van der Waals surface area contributed by atoms with Gasteiger partial charge in [-0.25, -0.2) is 0 Å². The van der Waals surface area contributed by atoms with Crippen molar-refractivity contribution in [3.63, 3.8) is 0 Å². The van der Waals surface area contributed by atoms with E-state index in [2.05, 4.69) is 40.7 Å². The highest BCUT2D eigenvalue weighted by Crippen LogP contribution is 2.75. The number of nitriles is 1. The second-order valence-electron chi connectivity index (χ2n) is 17.3. The number of carbonyl (C=O) groups is 3. The van der Waals surface area contributed by atoms with Crippen molar-refractivity contribution in [2.75, 3.05) is 0 Å². The summed E-state index contributed by atoms with van der Waals surface area (Å²) in [5.41, 5.74) is 0.768. The first kappa shape index (κ1) is 32.0. The minimum absolute atomic E-state index is 0.0417. The number of ketones is 2. The van der Waals surface area contributed by atoms with Gasteiger partial charge in [0.15, 0.2) is 11.6 Å². The lowest BCUT2D eigenvalue weighted by Gasteiger charge is -2.69. The number of benzene rings is 1. The summed E-state index contributed by atoms with van der Waals surface area (Å²) in [6, 6.07) is 12.0. The highest BCUT2D eigenvalue weighted by Gasteiger charge is 2.69. The van der Waals surface area contributed by atoms with E-state index in [9.17, 15) is 19.6 Å². The fraction of sp³-hybridized carbons (Fsp3) is 0.650. The number of ether oxygens (including phenoxy) is 1. The second-order valence-corrected chi connectivity index (χ2v) is 17.3. The summed E-state index contributed by atoms with van der Waals surface area (Å²) in [6.45, 7) is 15.9. The van der Waals surface area contributed by atoms with Crippen molar-refractivity contribution in [1.82, 2.24) is 0 Å². The maximum absolute atomic E-state index is 14.7. The molecule has 45 heavy (non-hydrogen) atoms. The molecule has 5 heteroatoms. The number of nitrogens with zero attached hydrogens (tertiary/aromatic N) is 1. The van der Waals surface area contributed by atoms with Crippen molar-refractivity contribution in [2.45, 2.75) is 113 Å². The first-order chi connectivity index (χ1) is 21.0. The zero-order chi connectivity index (χ0) is 32.6. The Bertz CT molecular complexity index is 1530. The summed E-state index contributed by atoms with van der Waals surface area (Å²) < 4.78 is 5.71. The van der Waals surface area contributed by atoms with Crippen LogP contribution < -0.4 is 0 Å². The Morgan fingerprint density at radius 2 is 1.64 bits per heavy atom. The number of esters is 1. The van der Waals surface area contributed by atoms with Crippen LogP contribution in [0, 0.1) is 61.6 Å². The van der Waals surface area contributed by atoms with E-state index in [1.165, 1.54) is 0 Å². The molecule has 0 radical (unpaired) electrons. The number of rotatable bonds is 5. The molecule has 0 bridgehead atoms. The number of hydrogen-bond donors (Lipinski definition) is 0. The van der Waals surface area contributed by atoms with E-state index >= 15 is 0 Å². The number of fused-ring (bicyclic) bond motifs is 7. The monoisotopic (exact) mass is 609 g/mol. The fourth-order valence-corrected chi connectivity index (χ4v) is 11.3. The van der Waals surface area contributed by atoms with E-state index in [1.54, 1.807) is 0 Å². The molecular weight excluding hydrogens is 558 g/mol. The molecule has 5 aliphatic carbocycles. The Kier molecular flexibility index (Phi) is 7.47. The molecule has 5 nitrogen and oxygen atoms in total. The van der Waals surface area contributed by atoms with Gasteiger partial charge in [0.2, 0.25) is 0 Å². The fourth-order valence-electron chi connectivity index (χ4n) is 11.3. The molecule has 0 spiro atoms. The highest BCUT2D eigenvalue weighted by atomic mass is 16.5. The summed E-state index contributed by atoms with van der Waals surface area (Å²) in [5.74, 6) is 0.112. The van der Waals surface area contributed by atoms with Crippen molar-refractivity contribution in [1.29, 1.82) is 5.26 Å². The minimum atomic E-state index is -0.665. The number of hydrogen-bond acceptors (Lipinski definition) is 5. The molecule has 3 saturated carbocycles. The van der Waals surface area contributed by atoms with Gasteiger partial charge in [-0.2, -0.15) is 5.26 Å². The summed E-state index contributed by atoms with van der Waals surface area (Å²) >= 11 is 0. The van der Waals surface area contributed by atoms with Gasteiger partial charge in [0.25, 0.3) is 0 Å². The maximum atomic E-state index is 14.7. The van der Waals surface area contributed by atoms with Gasteiger partial charge in [-0.05, 0) is 96.5 Å². The molecule has 0 saturated heterocycles. The summed E-state index contributed by atoms with van der Waals surface area (Å²) in [4.78, 5) is 41.1. The largest absolute Gasteiger partial charge is 0.461 e. The summed E-state index contributed by atoms with van der Waals surface area (Å²) in [5, 5.41) is 9.98. The molecule has 0 heterocycles. The first-order valence-electron chi connectivity index (χ1n) is 17.2. The van der Waals surface area contributed by atoms with Crippen molar-refractivity contribution < 1.29 is 19.1 Å². The highest BCUT2D eigenvalue weighted by molar-refractivity contribution is 6.04. The van der Waals surface area contributed by atoms with Crippen LogP contribution >= 0.6 is 0 Å². The summed E-state index contributed by atoms with van der Waals surface area (Å²) in [6.07, 6.45) is 11.9. The minimum Gasteiger partial charge on any atom is -0.461 e. The van der Waals surface area contributed by atoms with E-state index < -0.39 is 10.8 Å². The van der Waals surface area contributed by atoms with Crippen LogP contribution in [0.1, 0.15) is 112 Å². The Balaban J connectivity index is 1.35. The average Bonchev–Trinajstić information content (AvgIpc) is 2.99. The quantitative estimate of drug-likeness (QED) is 0.312. The van der Waals surface area contributed by atoms with Gasteiger partial charge < -0.3 is 4.74 Å². The van der Waals surface area contributed by atoms with Gasteiger partial charge >= 0.3 is 5.97 Å². The first-order valence-corrected chi connectivity index (χ1v) is 17.2. The molecule has 1 aromatic rings. The number of allylic oxidation sites excluding steroid dienone is 4. The van der Waals surface area contributed by atoms with Crippen molar-refractivity contribution >= 4 is 17.5 Å². The predicted molar refractivity (Wildman–Crippen MR) is 174 cm³/mol. The van der Waals surface area contributed by atoms with E-state index in [0.29, 0.717) is 13.0 Å². The molecule has 240 valence electrons. The normalized spacial score (nSPS) is 39.6. The molecule has 5 aliphatic rings. The third-order valence-corrected chi connectivity index (χ3v) is 14.1. The molecule has 0 aliphatic heterocycles. The van der Waals surface area contributed by atoms with E-state index in [0.717, 1.165) is 62.5 Å². The lowest BCUT2D eigenvalue weighted by atomic mass is 9.34. The predicted octanol–water partition coefficient (Wildman–Crippen LogP) is 8.73. The Hall–Kier alpha value is -3.00. The topological polar surface area (TPSA) is 84.2 Å². The van der Waals surface area contributed by atoms with Gasteiger partial charge in [0, 0.05) is 23.2 Å². The molecule has 3 fully saturated rings. The molecule has 0 N–H and O–H groups in total. The van der Waals surface area contributed by atoms with Gasteiger partial charge in [-0.1, -0.05) is 90.4 Å². The maximum Gasteiger partial charge on any atom is 0.306 e. The molecule has 2 unspecified atom stereocenters. The van der Waals surface area contributed by atoms with Crippen LogP contribution in [0.4, 0.5) is 0 Å². The van der Waals surface area contributed by atoms with Crippen LogP contribution in [-0.4, -0.2) is 17.5 Å². The van der Waals surface area contributed by atoms with E-state index in [4.69, 9.17) is 4.74 Å². The van der Waals surface area contributed by atoms with Crippen LogP contribution in [0.15, 0.2) is 53.6 Å². The molecule has 6 rings (SSSR count). The van der Waals surface area contributed by atoms with Crippen LogP contribution in [0.5, 0.6) is 0 Å².